The predicted molar refractivity (Wildman–Crippen MR) is 130 cm³/mol. The van der Waals surface area contributed by atoms with E-state index in [2.05, 4.69) is 53.7 Å². The van der Waals surface area contributed by atoms with Crippen LogP contribution in [0.5, 0.6) is 11.5 Å². The van der Waals surface area contributed by atoms with Crippen molar-refractivity contribution in [2.24, 2.45) is 22.7 Å². The topological polar surface area (TPSA) is 40.5 Å². The van der Waals surface area contributed by atoms with Crippen LogP contribution in [0.3, 0.4) is 0 Å². The molecular weight excluding hydrogens is 392 g/mol. The van der Waals surface area contributed by atoms with E-state index in [1.165, 1.54) is 36.8 Å². The van der Waals surface area contributed by atoms with Crippen LogP contribution in [0.4, 0.5) is 0 Å². The Balaban J connectivity index is 1.51. The lowest BCUT2D eigenvalue weighted by molar-refractivity contribution is 0.298. The summed E-state index contributed by atoms with van der Waals surface area (Å²) in [5.74, 6) is 2.53. The Kier molecular flexibility index (Phi) is 3.82. The number of hydrogen-bond donors (Lipinski definition) is 2. The van der Waals surface area contributed by atoms with Crippen LogP contribution >= 0.6 is 0 Å². The van der Waals surface area contributed by atoms with Gasteiger partial charge in [-0.1, -0.05) is 27.7 Å². The van der Waals surface area contributed by atoms with E-state index < -0.39 is 0 Å². The van der Waals surface area contributed by atoms with Gasteiger partial charge >= 0.3 is 0 Å². The normalized spacial score (nSPS) is 41.4. The number of aryl methyl sites for hydroxylation is 2. The zero-order valence-electron chi connectivity index (χ0n) is 20.6. The molecule has 4 aliphatic carbocycles. The van der Waals surface area contributed by atoms with Gasteiger partial charge in [0.2, 0.25) is 0 Å². The van der Waals surface area contributed by atoms with Gasteiger partial charge in [-0.05, 0) is 122 Å². The van der Waals surface area contributed by atoms with Gasteiger partial charge in [-0.15, -0.1) is 0 Å². The minimum Gasteiger partial charge on any atom is -0.508 e. The molecule has 0 radical (unpaired) electrons. The summed E-state index contributed by atoms with van der Waals surface area (Å²) in [4.78, 5) is 0. The number of rotatable bonds is 3. The molecule has 0 aliphatic heterocycles. The monoisotopic (exact) mass is 430 g/mol. The van der Waals surface area contributed by atoms with Gasteiger partial charge in [-0.25, -0.2) is 0 Å². The first-order chi connectivity index (χ1) is 14.9. The summed E-state index contributed by atoms with van der Waals surface area (Å²) in [7, 11) is 0. The summed E-state index contributed by atoms with van der Waals surface area (Å²) >= 11 is 0. The largest absolute Gasteiger partial charge is 0.508 e. The van der Waals surface area contributed by atoms with Crippen LogP contribution in [0.2, 0.25) is 0 Å². The number of phenols is 2. The highest BCUT2D eigenvalue weighted by Gasteiger charge is 2.67. The van der Waals surface area contributed by atoms with Crippen molar-refractivity contribution in [2.75, 3.05) is 0 Å². The van der Waals surface area contributed by atoms with E-state index in [1.807, 2.05) is 12.1 Å². The molecule has 4 aliphatic rings. The van der Waals surface area contributed by atoms with E-state index in [9.17, 15) is 10.2 Å². The summed E-state index contributed by atoms with van der Waals surface area (Å²) in [6.45, 7) is 13.8. The summed E-state index contributed by atoms with van der Waals surface area (Å²) in [6.07, 6.45) is 7.43. The Hall–Kier alpha value is -1.96. The third-order valence-electron chi connectivity index (χ3n) is 11.5. The lowest BCUT2D eigenvalue weighted by Gasteiger charge is -2.36. The molecule has 4 fully saturated rings. The number of phenolic OH excluding ortho intramolecular Hbond substituents is 2. The number of fused-ring (bicyclic) bond motifs is 2. The lowest BCUT2D eigenvalue weighted by atomic mass is 9.68. The van der Waals surface area contributed by atoms with E-state index in [4.69, 9.17) is 0 Å². The van der Waals surface area contributed by atoms with Crippen molar-refractivity contribution >= 4 is 0 Å². The molecule has 2 aromatic rings. The Morgan fingerprint density at radius 3 is 1.31 bits per heavy atom. The molecule has 0 spiro atoms. The fraction of sp³-hybridized carbons (Fsp3) is 0.600. The van der Waals surface area contributed by atoms with Crippen LogP contribution in [-0.4, -0.2) is 10.2 Å². The molecule has 0 unspecified atom stereocenters. The second-order valence-electron chi connectivity index (χ2n) is 12.7. The smallest absolute Gasteiger partial charge is 0.119 e. The van der Waals surface area contributed by atoms with Crippen LogP contribution in [-0.2, 0) is 10.8 Å². The van der Waals surface area contributed by atoms with Crippen molar-refractivity contribution < 1.29 is 10.2 Å². The average Bonchev–Trinajstić information content (AvgIpc) is 3.55. The van der Waals surface area contributed by atoms with E-state index >= 15 is 0 Å². The zero-order valence-corrected chi connectivity index (χ0v) is 20.6. The SMILES string of the molecule is Cc1cc(O)c([C@]2(C)CC[C@@H]3C[C@@]32C)cc1-c1cc([C@@]2(C)CC[C@H]3C[C@]32C)c(O)cc1C. The molecule has 2 aromatic carbocycles. The first-order valence-corrected chi connectivity index (χ1v) is 12.6. The zero-order chi connectivity index (χ0) is 22.8. The maximum absolute atomic E-state index is 11.1. The van der Waals surface area contributed by atoms with Crippen LogP contribution in [0.25, 0.3) is 11.1 Å². The van der Waals surface area contributed by atoms with Gasteiger partial charge in [-0.2, -0.15) is 0 Å². The number of hydrogen-bond acceptors (Lipinski definition) is 2. The molecule has 2 nitrogen and oxygen atoms in total. The van der Waals surface area contributed by atoms with Crippen LogP contribution in [0.1, 0.15) is 88.5 Å². The van der Waals surface area contributed by atoms with Crippen LogP contribution in [0.15, 0.2) is 24.3 Å². The van der Waals surface area contributed by atoms with Crippen LogP contribution < -0.4 is 0 Å². The van der Waals surface area contributed by atoms with Crippen molar-refractivity contribution in [1.82, 2.24) is 0 Å². The molecule has 6 atom stereocenters. The third-order valence-corrected chi connectivity index (χ3v) is 11.5. The summed E-state index contributed by atoms with van der Waals surface area (Å²) < 4.78 is 0. The van der Waals surface area contributed by atoms with Gasteiger partial charge in [0.15, 0.2) is 0 Å². The molecule has 6 rings (SSSR count). The van der Waals surface area contributed by atoms with Crippen molar-refractivity contribution in [1.29, 1.82) is 0 Å². The van der Waals surface area contributed by atoms with E-state index in [0.29, 0.717) is 22.3 Å². The molecule has 0 heterocycles. The first-order valence-electron chi connectivity index (χ1n) is 12.6. The summed E-state index contributed by atoms with van der Waals surface area (Å²) in [5, 5.41) is 22.1. The average molecular weight is 431 g/mol. The summed E-state index contributed by atoms with van der Waals surface area (Å²) in [5.41, 5.74) is 7.59. The fourth-order valence-corrected chi connectivity index (χ4v) is 8.33. The van der Waals surface area contributed by atoms with Gasteiger partial charge < -0.3 is 10.2 Å². The first kappa shape index (κ1) is 20.6. The highest BCUT2D eigenvalue weighted by molar-refractivity contribution is 5.75. The number of benzene rings is 2. The maximum Gasteiger partial charge on any atom is 0.119 e. The minimum absolute atomic E-state index is 0.0317. The van der Waals surface area contributed by atoms with Gasteiger partial charge in [0.05, 0.1) is 0 Å². The van der Waals surface area contributed by atoms with Gasteiger partial charge in [0.25, 0.3) is 0 Å². The van der Waals surface area contributed by atoms with E-state index in [0.717, 1.165) is 46.9 Å². The Bertz CT molecular complexity index is 1070. The standard InChI is InChI=1S/C30H38O2/c1-17-11-25(31)23(27(3)9-7-19-15-29(19,27)5)13-21(17)22-14-24(26(32)12-18(22)2)28(4)10-8-20-16-30(20,28)6/h11-14,19-20,31-32H,7-10,15-16H2,1-6H3/t19-,20+,27+,28-,29+,30-. The van der Waals surface area contributed by atoms with Gasteiger partial charge in [0.1, 0.15) is 11.5 Å². The molecule has 32 heavy (non-hydrogen) atoms. The van der Waals surface area contributed by atoms with Crippen molar-refractivity contribution in [3.8, 4) is 22.6 Å². The lowest BCUT2D eigenvalue weighted by Crippen LogP contribution is -2.29. The van der Waals surface area contributed by atoms with Gasteiger partial charge in [-0.3, -0.25) is 0 Å². The fourth-order valence-electron chi connectivity index (χ4n) is 8.33. The molecule has 170 valence electrons. The minimum atomic E-state index is 0.0317. The predicted octanol–water partition coefficient (Wildman–Crippen LogP) is 7.54. The summed E-state index contributed by atoms with van der Waals surface area (Å²) in [6, 6.07) is 8.55. The van der Waals surface area contributed by atoms with E-state index in [-0.39, 0.29) is 10.8 Å². The van der Waals surface area contributed by atoms with Crippen LogP contribution in [0, 0.1) is 36.5 Å². The molecular formula is C30H38O2. The molecule has 0 aromatic heterocycles. The Labute approximate surface area is 193 Å². The van der Waals surface area contributed by atoms with Crippen molar-refractivity contribution in [3.63, 3.8) is 0 Å². The second-order valence-corrected chi connectivity index (χ2v) is 12.7. The molecule has 2 N–H and O–H groups in total. The molecule has 0 amide bonds. The number of aromatic hydroxyl groups is 2. The quantitative estimate of drug-likeness (QED) is 0.528. The molecule has 0 saturated heterocycles. The highest BCUT2D eigenvalue weighted by Crippen LogP contribution is 2.74. The highest BCUT2D eigenvalue weighted by atomic mass is 16.3. The van der Waals surface area contributed by atoms with Gasteiger partial charge in [0, 0.05) is 22.0 Å². The molecule has 4 saturated carbocycles. The van der Waals surface area contributed by atoms with Crippen molar-refractivity contribution in [2.45, 2.75) is 90.9 Å². The third kappa shape index (κ3) is 2.32. The maximum atomic E-state index is 11.1. The second kappa shape index (κ2) is 5.93. The molecule has 0 bridgehead atoms. The molecule has 2 heteroatoms. The van der Waals surface area contributed by atoms with E-state index in [1.54, 1.807) is 0 Å². The Morgan fingerprint density at radius 2 is 1.03 bits per heavy atom. The van der Waals surface area contributed by atoms with Crippen molar-refractivity contribution in [3.05, 3.63) is 46.5 Å². The Morgan fingerprint density at radius 1 is 0.656 bits per heavy atom.